The van der Waals surface area contributed by atoms with Crippen LogP contribution in [-0.4, -0.2) is 5.78 Å². The molecule has 3 nitrogen and oxygen atoms in total. The highest BCUT2D eigenvalue weighted by Gasteiger charge is 2.04. The summed E-state index contributed by atoms with van der Waals surface area (Å²) in [6, 6.07) is 10.8. The van der Waals surface area contributed by atoms with Gasteiger partial charge in [0, 0.05) is 17.7 Å². The van der Waals surface area contributed by atoms with Crippen molar-refractivity contribution in [3.05, 3.63) is 64.8 Å². The van der Waals surface area contributed by atoms with Crippen LogP contribution in [0.25, 0.3) is 6.20 Å². The minimum absolute atomic E-state index is 0. The van der Waals surface area contributed by atoms with E-state index in [9.17, 15) is 4.79 Å². The topological polar surface area (TPSA) is 47.0 Å². The van der Waals surface area contributed by atoms with Gasteiger partial charge in [-0.15, -0.1) is 0 Å². The van der Waals surface area contributed by atoms with Crippen molar-refractivity contribution in [2.75, 3.05) is 5.73 Å². The molecule has 0 aliphatic rings. The summed E-state index contributed by atoms with van der Waals surface area (Å²) in [6.45, 7) is 1.98. The predicted molar refractivity (Wildman–Crippen MR) is 76.9 cm³/mol. The van der Waals surface area contributed by atoms with Crippen molar-refractivity contribution in [2.45, 2.75) is 6.92 Å². The molecule has 0 saturated heterocycles. The lowest BCUT2D eigenvalue weighted by Gasteiger charge is -1.98. The van der Waals surface area contributed by atoms with Crippen molar-refractivity contribution < 1.29 is 21.8 Å². The third-order valence-electron chi connectivity index (χ3n) is 2.70. The third-order valence-corrected chi connectivity index (χ3v) is 2.92. The number of allylic oxidation sites excluding steroid dienone is 1. The van der Waals surface area contributed by atoms with Crippen LogP contribution in [0.3, 0.4) is 0 Å². The molecule has 104 valence electrons. The van der Waals surface area contributed by atoms with E-state index in [1.165, 1.54) is 6.08 Å². The molecule has 0 aliphatic carbocycles. The van der Waals surface area contributed by atoms with Crippen molar-refractivity contribution in [2.24, 2.45) is 0 Å². The van der Waals surface area contributed by atoms with Crippen molar-refractivity contribution in [1.29, 1.82) is 0 Å². The summed E-state index contributed by atoms with van der Waals surface area (Å²) in [5.74, 6) is 0.434. The molecule has 1 aromatic carbocycles. The Bertz CT molecular complexity index is 637. The van der Waals surface area contributed by atoms with Crippen LogP contribution in [0.15, 0.2) is 48.7 Å². The fourth-order valence-electron chi connectivity index (χ4n) is 1.59. The summed E-state index contributed by atoms with van der Waals surface area (Å²) < 4.78 is 1.61. The van der Waals surface area contributed by atoms with E-state index in [0.29, 0.717) is 16.4 Å². The molecule has 0 fully saturated rings. The van der Waals surface area contributed by atoms with Gasteiger partial charge in [0.15, 0.2) is 5.78 Å². The maximum absolute atomic E-state index is 12.0. The summed E-state index contributed by atoms with van der Waals surface area (Å²) in [6.07, 6.45) is 4.72. The molecule has 2 rings (SSSR count). The van der Waals surface area contributed by atoms with E-state index in [4.69, 9.17) is 17.3 Å². The first-order valence-electron chi connectivity index (χ1n) is 5.81. The molecule has 1 aromatic heterocycles. The summed E-state index contributed by atoms with van der Waals surface area (Å²) in [7, 11) is 0. The number of benzene rings is 1. The number of hydrogen-bond acceptors (Lipinski definition) is 2. The number of nitrogen functional groups attached to an aromatic ring is 1. The van der Waals surface area contributed by atoms with Gasteiger partial charge in [-0.25, -0.2) is 4.57 Å². The molecule has 0 saturated carbocycles. The Hall–Kier alpha value is -1.84. The number of carbonyl (C=O) groups is 1. The summed E-state index contributed by atoms with van der Waals surface area (Å²) in [5.41, 5.74) is 7.54. The highest BCUT2D eigenvalue weighted by molar-refractivity contribution is 6.30. The number of aromatic nitrogens is 1. The number of aryl methyl sites for hydroxylation is 1. The molecule has 2 N–H and O–H groups in total. The van der Waals surface area contributed by atoms with Crippen LogP contribution < -0.4 is 22.7 Å². The third kappa shape index (κ3) is 4.08. The molecule has 0 atom stereocenters. The molecule has 0 radical (unpaired) electrons. The largest absolute Gasteiger partial charge is 1.00 e. The number of pyridine rings is 1. The van der Waals surface area contributed by atoms with Crippen molar-refractivity contribution in [3.8, 4) is 0 Å². The first-order chi connectivity index (χ1) is 9.06. The number of anilines is 1. The van der Waals surface area contributed by atoms with E-state index < -0.39 is 0 Å². The number of nitrogens with zero attached hydrogens (tertiary/aromatic N) is 1. The van der Waals surface area contributed by atoms with Gasteiger partial charge in [0.05, 0.1) is 11.2 Å². The van der Waals surface area contributed by atoms with E-state index in [-0.39, 0.29) is 18.2 Å². The smallest absolute Gasteiger partial charge is 0.277 e. The minimum Gasteiger partial charge on any atom is -1.00 e. The van der Waals surface area contributed by atoms with Crippen LogP contribution in [0.4, 0.5) is 5.82 Å². The van der Waals surface area contributed by atoms with Gasteiger partial charge >= 0.3 is 0 Å². The van der Waals surface area contributed by atoms with E-state index in [0.717, 1.165) is 5.56 Å². The standard InChI is InChI=1S/C15H13ClN2O.ClH/c1-11-2-4-12(5-3-11)14(19)8-9-18-10-13(16)6-7-15(18)17;/h2-10,17H,1H3;1H/b9-8+;. The summed E-state index contributed by atoms with van der Waals surface area (Å²) in [5, 5.41) is 0.557. The first-order valence-corrected chi connectivity index (χ1v) is 6.19. The van der Waals surface area contributed by atoms with Crippen LogP contribution in [-0.2, 0) is 0 Å². The van der Waals surface area contributed by atoms with Crippen LogP contribution in [0.1, 0.15) is 15.9 Å². The molecule has 0 spiro atoms. The van der Waals surface area contributed by atoms with Gasteiger partial charge < -0.3 is 12.4 Å². The zero-order chi connectivity index (χ0) is 13.8. The van der Waals surface area contributed by atoms with Gasteiger partial charge in [-0.1, -0.05) is 41.4 Å². The maximum atomic E-state index is 12.0. The van der Waals surface area contributed by atoms with E-state index in [2.05, 4.69) is 0 Å². The molecule has 5 heteroatoms. The Morgan fingerprint density at radius 2 is 1.85 bits per heavy atom. The minimum atomic E-state index is -0.0770. The van der Waals surface area contributed by atoms with Crippen LogP contribution in [0, 0.1) is 6.92 Å². The lowest BCUT2D eigenvalue weighted by molar-refractivity contribution is -0.552. The van der Waals surface area contributed by atoms with Gasteiger partial charge in [0.2, 0.25) is 0 Å². The second-order valence-electron chi connectivity index (χ2n) is 4.23. The molecule has 1 heterocycles. The predicted octanol–water partition coefficient (Wildman–Crippen LogP) is -0.124. The van der Waals surface area contributed by atoms with Gasteiger partial charge in [0.1, 0.15) is 6.20 Å². The molecule has 0 unspecified atom stereocenters. The fraction of sp³-hybridized carbons (Fsp3) is 0.0667. The number of hydrogen-bond donors (Lipinski definition) is 1. The number of nitrogens with two attached hydrogens (primary N) is 1. The lowest BCUT2D eigenvalue weighted by atomic mass is 10.1. The fourth-order valence-corrected chi connectivity index (χ4v) is 1.76. The van der Waals surface area contributed by atoms with Crippen molar-refractivity contribution >= 4 is 29.4 Å². The zero-order valence-corrected chi connectivity index (χ0v) is 12.4. The lowest BCUT2D eigenvalue weighted by Crippen LogP contribution is -3.00. The Kier molecular flexibility index (Phi) is 5.74. The number of rotatable bonds is 3. The van der Waals surface area contributed by atoms with Gasteiger partial charge in [-0.05, 0) is 13.0 Å². The molecule has 2 aromatic rings. The number of ketones is 1. The van der Waals surface area contributed by atoms with Gasteiger partial charge in [0.25, 0.3) is 5.82 Å². The van der Waals surface area contributed by atoms with Crippen molar-refractivity contribution in [3.63, 3.8) is 0 Å². The van der Waals surface area contributed by atoms with E-state index in [1.54, 1.807) is 41.2 Å². The quantitative estimate of drug-likeness (QED) is 0.488. The summed E-state index contributed by atoms with van der Waals surface area (Å²) >= 11 is 5.87. The SMILES string of the molecule is Cc1ccc(C(=O)/C=C/[n+]2cc(Cl)ccc2N)cc1.[Cl-]. The Labute approximate surface area is 129 Å². The molecule has 0 aliphatic heterocycles. The second kappa shape index (κ2) is 7.08. The monoisotopic (exact) mass is 308 g/mol. The van der Waals surface area contributed by atoms with E-state index in [1.807, 2.05) is 19.1 Å². The highest BCUT2D eigenvalue weighted by Crippen LogP contribution is 2.07. The molecular formula is C15H14Cl2N2O. The number of halogens is 2. The zero-order valence-electron chi connectivity index (χ0n) is 10.9. The summed E-state index contributed by atoms with van der Waals surface area (Å²) in [4.78, 5) is 12.0. The van der Waals surface area contributed by atoms with Gasteiger partial charge in [-0.3, -0.25) is 10.5 Å². The normalized spacial score (nSPS) is 10.3. The first kappa shape index (κ1) is 16.2. The van der Waals surface area contributed by atoms with Crippen LogP contribution in [0.2, 0.25) is 5.02 Å². The average Bonchev–Trinajstić information content (AvgIpc) is 2.40. The molecule has 0 amide bonds. The van der Waals surface area contributed by atoms with Gasteiger partial charge in [-0.2, -0.15) is 0 Å². The Morgan fingerprint density at radius 3 is 2.50 bits per heavy atom. The highest BCUT2D eigenvalue weighted by atomic mass is 35.5. The van der Waals surface area contributed by atoms with Crippen molar-refractivity contribution in [1.82, 2.24) is 0 Å². The Morgan fingerprint density at radius 1 is 1.20 bits per heavy atom. The van der Waals surface area contributed by atoms with Crippen LogP contribution in [0.5, 0.6) is 0 Å². The van der Waals surface area contributed by atoms with Crippen LogP contribution >= 0.6 is 11.6 Å². The average molecular weight is 309 g/mol. The van der Waals surface area contributed by atoms with E-state index >= 15 is 0 Å². The molecule has 20 heavy (non-hydrogen) atoms. The second-order valence-corrected chi connectivity index (χ2v) is 4.66. The maximum Gasteiger partial charge on any atom is 0.277 e. The number of carbonyl (C=O) groups excluding carboxylic acids is 1. The Balaban J connectivity index is 0.00000200. The molecular weight excluding hydrogens is 295 g/mol. The molecule has 0 bridgehead atoms.